The molecule has 0 aliphatic carbocycles. The molecule has 4 aromatic rings. The zero-order valence-electron chi connectivity index (χ0n) is 18.4. The first kappa shape index (κ1) is 20.7. The summed E-state index contributed by atoms with van der Waals surface area (Å²) in [6.45, 7) is 4.75. The maximum Gasteiger partial charge on any atom is 0.124 e. The largest absolute Gasteiger partial charge is 0.489 e. The minimum Gasteiger partial charge on any atom is -0.489 e. The molecule has 0 saturated carbocycles. The van der Waals surface area contributed by atoms with E-state index in [1.54, 1.807) is 0 Å². The van der Waals surface area contributed by atoms with Gasteiger partial charge in [0.2, 0.25) is 0 Å². The molecule has 1 aliphatic rings. The molecule has 3 nitrogen and oxygen atoms in total. The van der Waals surface area contributed by atoms with Crippen molar-refractivity contribution < 1.29 is 4.74 Å². The van der Waals surface area contributed by atoms with Crippen molar-refractivity contribution in [2.75, 3.05) is 26.2 Å². The van der Waals surface area contributed by atoms with Gasteiger partial charge in [-0.3, -0.25) is 4.90 Å². The third-order valence-corrected chi connectivity index (χ3v) is 6.28. The predicted octanol–water partition coefficient (Wildman–Crippen LogP) is 5.80. The standard InChI is InChI=1S/C29H30N2O/c1-2-9-23(10-3-1)22-32-28-14-7-6-13-27(28)29(31-19-8-17-30-18-20-31)26-16-15-24-11-4-5-12-25(24)21-26/h1-7,9-16,21,29-30H,8,17-20,22H2. The summed E-state index contributed by atoms with van der Waals surface area (Å²) in [4.78, 5) is 2.61. The van der Waals surface area contributed by atoms with Crippen LogP contribution in [0.3, 0.4) is 0 Å². The minimum atomic E-state index is 0.159. The van der Waals surface area contributed by atoms with Crippen LogP contribution in [0.1, 0.15) is 29.2 Å². The fraction of sp³-hybridized carbons (Fsp3) is 0.241. The first-order valence-corrected chi connectivity index (χ1v) is 11.6. The van der Waals surface area contributed by atoms with Crippen molar-refractivity contribution in [2.45, 2.75) is 19.1 Å². The maximum atomic E-state index is 6.39. The molecule has 5 rings (SSSR count). The van der Waals surface area contributed by atoms with E-state index in [1.165, 1.54) is 27.5 Å². The molecule has 0 bridgehead atoms. The molecule has 3 heteroatoms. The third-order valence-electron chi connectivity index (χ3n) is 6.28. The zero-order valence-corrected chi connectivity index (χ0v) is 18.4. The Kier molecular flexibility index (Phi) is 6.48. The molecule has 0 aromatic heterocycles. The van der Waals surface area contributed by atoms with Gasteiger partial charge in [0.1, 0.15) is 12.4 Å². The highest BCUT2D eigenvalue weighted by Gasteiger charge is 2.26. The number of fused-ring (bicyclic) bond motifs is 1. The summed E-state index contributed by atoms with van der Waals surface area (Å²) >= 11 is 0. The number of ether oxygens (including phenoxy) is 1. The lowest BCUT2D eigenvalue weighted by molar-refractivity contribution is 0.230. The first-order valence-electron chi connectivity index (χ1n) is 11.6. The van der Waals surface area contributed by atoms with Gasteiger partial charge in [0.25, 0.3) is 0 Å². The fourth-order valence-electron chi connectivity index (χ4n) is 4.66. The number of hydrogen-bond acceptors (Lipinski definition) is 3. The molecule has 0 amide bonds. The van der Waals surface area contributed by atoms with E-state index in [1.807, 2.05) is 6.07 Å². The SMILES string of the molecule is c1ccc(COc2ccccc2C(c2ccc3ccccc3c2)N2CCCNCC2)cc1. The topological polar surface area (TPSA) is 24.5 Å². The minimum absolute atomic E-state index is 0.159. The predicted molar refractivity (Wildman–Crippen MR) is 132 cm³/mol. The quantitative estimate of drug-likeness (QED) is 0.425. The van der Waals surface area contributed by atoms with E-state index in [2.05, 4.69) is 101 Å². The van der Waals surface area contributed by atoms with Gasteiger partial charge in [-0.15, -0.1) is 0 Å². The van der Waals surface area contributed by atoms with Gasteiger partial charge < -0.3 is 10.1 Å². The molecule has 1 unspecified atom stereocenters. The van der Waals surface area contributed by atoms with Gasteiger partial charge in [0, 0.05) is 25.2 Å². The second-order valence-corrected chi connectivity index (χ2v) is 8.46. The first-order chi connectivity index (χ1) is 15.9. The van der Waals surface area contributed by atoms with E-state index in [9.17, 15) is 0 Å². The Morgan fingerprint density at radius 2 is 1.53 bits per heavy atom. The van der Waals surface area contributed by atoms with Crippen molar-refractivity contribution in [3.63, 3.8) is 0 Å². The van der Waals surface area contributed by atoms with E-state index in [-0.39, 0.29) is 6.04 Å². The van der Waals surface area contributed by atoms with Gasteiger partial charge >= 0.3 is 0 Å². The summed E-state index contributed by atoms with van der Waals surface area (Å²) < 4.78 is 6.39. The van der Waals surface area contributed by atoms with Crippen LogP contribution in [0.4, 0.5) is 0 Å². The van der Waals surface area contributed by atoms with Gasteiger partial charge in [-0.2, -0.15) is 0 Å². The van der Waals surface area contributed by atoms with Gasteiger partial charge in [0.05, 0.1) is 6.04 Å². The van der Waals surface area contributed by atoms with Crippen LogP contribution < -0.4 is 10.1 Å². The number of rotatable bonds is 6. The Bertz CT molecular complexity index is 1150. The monoisotopic (exact) mass is 422 g/mol. The number of nitrogens with zero attached hydrogens (tertiary/aromatic N) is 1. The van der Waals surface area contributed by atoms with Crippen LogP contribution >= 0.6 is 0 Å². The van der Waals surface area contributed by atoms with Crippen LogP contribution in [-0.2, 0) is 6.61 Å². The summed E-state index contributed by atoms with van der Waals surface area (Å²) in [5.41, 5.74) is 3.74. The summed E-state index contributed by atoms with van der Waals surface area (Å²) in [6, 6.07) is 34.6. The lowest BCUT2D eigenvalue weighted by atomic mass is 9.94. The van der Waals surface area contributed by atoms with Crippen LogP contribution in [0.5, 0.6) is 5.75 Å². The molecule has 1 N–H and O–H groups in total. The van der Waals surface area contributed by atoms with E-state index >= 15 is 0 Å². The molecular weight excluding hydrogens is 392 g/mol. The van der Waals surface area contributed by atoms with E-state index < -0.39 is 0 Å². The lowest BCUT2D eigenvalue weighted by Crippen LogP contribution is -2.33. The van der Waals surface area contributed by atoms with Crippen molar-refractivity contribution in [1.82, 2.24) is 10.2 Å². The summed E-state index contributed by atoms with van der Waals surface area (Å²) in [5, 5.41) is 6.11. The van der Waals surface area contributed by atoms with Crippen molar-refractivity contribution >= 4 is 10.8 Å². The number of benzene rings is 4. The molecule has 1 fully saturated rings. The molecule has 0 spiro atoms. The highest BCUT2D eigenvalue weighted by Crippen LogP contribution is 2.36. The Hall–Kier alpha value is -3.14. The van der Waals surface area contributed by atoms with E-state index in [0.717, 1.165) is 38.3 Å². The molecule has 32 heavy (non-hydrogen) atoms. The second-order valence-electron chi connectivity index (χ2n) is 8.46. The Morgan fingerprint density at radius 3 is 2.44 bits per heavy atom. The molecule has 4 aromatic carbocycles. The molecule has 1 atom stereocenters. The van der Waals surface area contributed by atoms with Gasteiger partial charge in [-0.05, 0) is 47.0 Å². The molecule has 1 saturated heterocycles. The zero-order chi connectivity index (χ0) is 21.6. The summed E-state index contributed by atoms with van der Waals surface area (Å²) in [6.07, 6.45) is 1.15. The van der Waals surface area contributed by atoms with Crippen molar-refractivity contribution in [2.24, 2.45) is 0 Å². The average Bonchev–Trinajstić information content (AvgIpc) is 3.14. The number of para-hydroxylation sites is 1. The van der Waals surface area contributed by atoms with Crippen LogP contribution in [-0.4, -0.2) is 31.1 Å². The van der Waals surface area contributed by atoms with Crippen LogP contribution in [0.2, 0.25) is 0 Å². The summed E-state index contributed by atoms with van der Waals surface area (Å²) in [5.74, 6) is 0.965. The highest BCUT2D eigenvalue weighted by atomic mass is 16.5. The van der Waals surface area contributed by atoms with Gasteiger partial charge in [0.15, 0.2) is 0 Å². The van der Waals surface area contributed by atoms with Crippen molar-refractivity contribution in [3.8, 4) is 5.75 Å². The molecule has 1 aliphatic heterocycles. The highest BCUT2D eigenvalue weighted by molar-refractivity contribution is 5.83. The number of nitrogens with one attached hydrogen (secondary N) is 1. The fourth-order valence-corrected chi connectivity index (χ4v) is 4.66. The molecular formula is C29H30N2O. The normalized spacial score (nSPS) is 15.9. The maximum absolute atomic E-state index is 6.39. The molecule has 1 heterocycles. The molecule has 162 valence electrons. The van der Waals surface area contributed by atoms with Crippen LogP contribution in [0.15, 0.2) is 97.1 Å². The van der Waals surface area contributed by atoms with E-state index in [4.69, 9.17) is 4.74 Å². The van der Waals surface area contributed by atoms with Crippen molar-refractivity contribution in [3.05, 3.63) is 114 Å². The molecule has 0 radical (unpaired) electrons. The van der Waals surface area contributed by atoms with E-state index in [0.29, 0.717) is 6.61 Å². The second kappa shape index (κ2) is 9.99. The summed E-state index contributed by atoms with van der Waals surface area (Å²) in [7, 11) is 0. The Morgan fingerprint density at radius 1 is 0.750 bits per heavy atom. The number of hydrogen-bond donors (Lipinski definition) is 1. The van der Waals surface area contributed by atoms with Gasteiger partial charge in [-0.1, -0.05) is 84.9 Å². The van der Waals surface area contributed by atoms with Crippen LogP contribution in [0.25, 0.3) is 10.8 Å². The third kappa shape index (κ3) is 4.69. The smallest absolute Gasteiger partial charge is 0.124 e. The van der Waals surface area contributed by atoms with Crippen molar-refractivity contribution in [1.29, 1.82) is 0 Å². The Labute approximate surface area is 190 Å². The lowest BCUT2D eigenvalue weighted by Gasteiger charge is -2.32. The average molecular weight is 423 g/mol. The van der Waals surface area contributed by atoms with Crippen LogP contribution in [0, 0.1) is 0 Å². The Balaban J connectivity index is 1.54. The van der Waals surface area contributed by atoms with Gasteiger partial charge in [-0.25, -0.2) is 0 Å².